The number of hydrogen-bond acceptors (Lipinski definition) is 16. The molecule has 0 aliphatic rings. The van der Waals surface area contributed by atoms with Gasteiger partial charge in [0.15, 0.2) is 0 Å². The summed E-state index contributed by atoms with van der Waals surface area (Å²) in [6.45, 7) is 13.6. The largest absolute Gasteiger partial charge is 0.494 e. The first-order valence-electron chi connectivity index (χ1n) is 28.7. The summed E-state index contributed by atoms with van der Waals surface area (Å²) >= 11 is 0. The van der Waals surface area contributed by atoms with Gasteiger partial charge < -0.3 is 66.3 Å². The molecule has 0 saturated carbocycles. The highest BCUT2D eigenvalue weighted by molar-refractivity contribution is 5.92. The van der Waals surface area contributed by atoms with E-state index in [2.05, 4.69) is 13.8 Å². The summed E-state index contributed by atoms with van der Waals surface area (Å²) in [5.41, 5.74) is 4.99. The summed E-state index contributed by atoms with van der Waals surface area (Å²) in [5, 5.41) is 0. The van der Waals surface area contributed by atoms with Gasteiger partial charge in [0, 0.05) is 0 Å². The van der Waals surface area contributed by atoms with Crippen LogP contribution in [-0.2, 0) is 37.9 Å². The minimum atomic E-state index is -0.447. The lowest BCUT2D eigenvalue weighted by Gasteiger charge is -2.10. The van der Waals surface area contributed by atoms with Gasteiger partial charge in [0.1, 0.15) is 47.7 Å². The Morgan fingerprint density at radius 3 is 0.695 bits per heavy atom. The van der Waals surface area contributed by atoms with E-state index in [-0.39, 0.29) is 0 Å². The average Bonchev–Trinajstić information content (AvgIpc) is 3.57. The van der Waals surface area contributed by atoms with E-state index in [1.807, 2.05) is 72.8 Å². The third kappa shape index (κ3) is 26.4. The van der Waals surface area contributed by atoms with Gasteiger partial charge >= 0.3 is 11.9 Å². The van der Waals surface area contributed by atoms with Crippen molar-refractivity contribution in [1.29, 1.82) is 0 Å². The molecule has 0 radical (unpaired) electrons. The molecule has 0 saturated heterocycles. The van der Waals surface area contributed by atoms with Crippen LogP contribution in [0.5, 0.6) is 34.5 Å². The Kier molecular flexibility index (Phi) is 31.6. The molecule has 0 fully saturated rings. The van der Waals surface area contributed by atoms with Crippen LogP contribution in [0.3, 0.4) is 0 Å². The van der Waals surface area contributed by atoms with Crippen molar-refractivity contribution in [2.24, 2.45) is 0 Å². The fraction of sp³-hybridized carbons (Fsp3) is 0.424. The lowest BCUT2D eigenvalue weighted by atomic mass is 10.1. The third-order valence-corrected chi connectivity index (χ3v) is 12.3. The average molecular weight is 1130 g/mol. The van der Waals surface area contributed by atoms with Crippen LogP contribution in [0.15, 0.2) is 146 Å². The minimum absolute atomic E-state index is 0.357. The Hall–Kier alpha value is -6.86. The Balaban J connectivity index is 0.642. The van der Waals surface area contributed by atoms with Crippen molar-refractivity contribution in [2.45, 2.75) is 52.4 Å². The standard InChI is InChI=1S/C66H82O16/c1-3-5-7-33-77-59-21-9-53(10-22-59)55-13-29-63(30-14-55)81-65(67)57-17-25-61(26-18-57)79-51-49-75-47-45-73-43-41-71-39-37-69-35-36-70-38-40-72-42-44-74-46-48-76-50-52-80-62-27-19-58(20-28-62)66(68)82-64-31-15-56(16-32-64)54-11-23-60(24-12-54)78-34-8-6-4-2/h9-32H,3-8,33-52H2,1-2H3. The predicted octanol–water partition coefficient (Wildman–Crippen LogP) is 12.2. The first kappa shape index (κ1) is 64.3. The maximum Gasteiger partial charge on any atom is 0.343 e. The smallest absolute Gasteiger partial charge is 0.343 e. The molecule has 82 heavy (non-hydrogen) atoms. The van der Waals surface area contributed by atoms with E-state index >= 15 is 0 Å². The Morgan fingerprint density at radius 2 is 0.451 bits per heavy atom. The van der Waals surface area contributed by atoms with E-state index in [1.54, 1.807) is 72.8 Å². The number of hydrogen-bond donors (Lipinski definition) is 0. The van der Waals surface area contributed by atoms with Gasteiger partial charge in [-0.05, 0) is 132 Å². The van der Waals surface area contributed by atoms with Crippen LogP contribution in [0, 0.1) is 0 Å². The molecule has 0 N–H and O–H groups in total. The second-order valence-electron chi connectivity index (χ2n) is 18.6. The van der Waals surface area contributed by atoms with Crippen LogP contribution in [-0.4, -0.2) is 144 Å². The molecule has 442 valence electrons. The van der Waals surface area contributed by atoms with Crippen molar-refractivity contribution in [3.8, 4) is 56.8 Å². The maximum atomic E-state index is 12.8. The molecule has 0 spiro atoms. The highest BCUT2D eigenvalue weighted by Gasteiger charge is 2.12. The van der Waals surface area contributed by atoms with Crippen molar-refractivity contribution in [3.05, 3.63) is 157 Å². The first-order chi connectivity index (χ1) is 40.5. The minimum Gasteiger partial charge on any atom is -0.494 e. The van der Waals surface area contributed by atoms with Gasteiger partial charge in [0.2, 0.25) is 0 Å². The zero-order valence-corrected chi connectivity index (χ0v) is 47.8. The Bertz CT molecular complexity index is 2410. The second kappa shape index (κ2) is 40.4. The van der Waals surface area contributed by atoms with E-state index in [1.165, 1.54) is 12.8 Å². The van der Waals surface area contributed by atoms with Crippen LogP contribution in [0.1, 0.15) is 73.1 Å². The van der Waals surface area contributed by atoms with Gasteiger partial charge in [-0.25, -0.2) is 9.59 Å². The van der Waals surface area contributed by atoms with Gasteiger partial charge in [-0.2, -0.15) is 0 Å². The molecule has 0 bridgehead atoms. The summed E-state index contributed by atoms with van der Waals surface area (Å²) in [4.78, 5) is 25.5. The SMILES string of the molecule is CCCCCOc1ccc(-c2ccc(OC(=O)c3ccc(OCCOCCOCCOCCOCCOCCOCCOCCOCCOc4ccc(C(=O)Oc5ccc(-c6ccc(OCCCCC)cc6)cc5)cc4)cc3)cc2)cc1. The van der Waals surface area contributed by atoms with Gasteiger partial charge in [-0.3, -0.25) is 0 Å². The first-order valence-corrected chi connectivity index (χ1v) is 28.7. The van der Waals surface area contributed by atoms with Crippen molar-refractivity contribution in [2.75, 3.05) is 132 Å². The molecule has 0 heterocycles. The van der Waals surface area contributed by atoms with Crippen LogP contribution in [0.2, 0.25) is 0 Å². The molecule has 0 aromatic heterocycles. The van der Waals surface area contributed by atoms with E-state index in [0.29, 0.717) is 153 Å². The van der Waals surface area contributed by atoms with Gasteiger partial charge in [0.05, 0.1) is 130 Å². The molecular formula is C66H82O16. The molecule has 16 heteroatoms. The van der Waals surface area contributed by atoms with Crippen molar-refractivity contribution in [1.82, 2.24) is 0 Å². The zero-order valence-electron chi connectivity index (χ0n) is 47.8. The molecule has 6 aromatic rings. The zero-order chi connectivity index (χ0) is 57.3. The van der Waals surface area contributed by atoms with Crippen molar-refractivity contribution < 1.29 is 75.9 Å². The lowest BCUT2D eigenvalue weighted by Crippen LogP contribution is -2.15. The van der Waals surface area contributed by atoms with E-state index in [9.17, 15) is 9.59 Å². The molecule has 0 atom stereocenters. The fourth-order valence-electron chi connectivity index (χ4n) is 7.79. The Labute approximate surface area is 484 Å². The highest BCUT2D eigenvalue weighted by atomic mass is 16.6. The summed E-state index contributed by atoms with van der Waals surface area (Å²) in [7, 11) is 0. The third-order valence-electron chi connectivity index (χ3n) is 12.3. The van der Waals surface area contributed by atoms with Crippen molar-refractivity contribution in [3.63, 3.8) is 0 Å². The lowest BCUT2D eigenvalue weighted by molar-refractivity contribution is -0.0241. The summed E-state index contributed by atoms with van der Waals surface area (Å²) in [6.07, 6.45) is 6.77. The maximum absolute atomic E-state index is 12.8. The number of rotatable bonds is 45. The second-order valence-corrected chi connectivity index (χ2v) is 18.6. The molecule has 0 aliphatic heterocycles. The number of esters is 2. The van der Waals surface area contributed by atoms with Gasteiger partial charge in [-0.1, -0.05) is 88.1 Å². The highest BCUT2D eigenvalue weighted by Crippen LogP contribution is 2.27. The Morgan fingerprint density at radius 1 is 0.244 bits per heavy atom. The van der Waals surface area contributed by atoms with E-state index < -0.39 is 11.9 Å². The molecule has 0 aliphatic carbocycles. The number of carbonyl (C=O) groups excluding carboxylic acids is 2. The topological polar surface area (TPSA) is 163 Å². The summed E-state index contributed by atoms with van der Waals surface area (Å²) in [5.74, 6) is 3.01. The summed E-state index contributed by atoms with van der Waals surface area (Å²) in [6, 6.07) is 44.5. The van der Waals surface area contributed by atoms with Crippen LogP contribution < -0.4 is 28.4 Å². The van der Waals surface area contributed by atoms with Crippen LogP contribution in [0.25, 0.3) is 22.3 Å². The number of carbonyl (C=O) groups is 2. The molecule has 6 rings (SSSR count). The van der Waals surface area contributed by atoms with E-state index in [4.69, 9.17) is 66.3 Å². The number of unbranched alkanes of at least 4 members (excludes halogenated alkanes) is 4. The van der Waals surface area contributed by atoms with E-state index in [0.717, 1.165) is 72.6 Å². The molecular weight excluding hydrogens is 1050 g/mol. The summed E-state index contributed by atoms with van der Waals surface area (Å²) < 4.78 is 78.9. The quantitative estimate of drug-likeness (QED) is 0.0201. The van der Waals surface area contributed by atoms with Crippen molar-refractivity contribution >= 4 is 11.9 Å². The molecule has 16 nitrogen and oxygen atoms in total. The van der Waals surface area contributed by atoms with Gasteiger partial charge in [-0.15, -0.1) is 0 Å². The normalized spacial score (nSPS) is 11.1. The monoisotopic (exact) mass is 1130 g/mol. The molecule has 0 amide bonds. The van der Waals surface area contributed by atoms with Crippen LogP contribution >= 0.6 is 0 Å². The molecule has 6 aromatic carbocycles. The fourth-order valence-corrected chi connectivity index (χ4v) is 7.79. The molecule has 0 unspecified atom stereocenters. The predicted molar refractivity (Wildman–Crippen MR) is 314 cm³/mol. The number of ether oxygens (including phenoxy) is 14. The number of benzene rings is 6. The van der Waals surface area contributed by atoms with Crippen LogP contribution in [0.4, 0.5) is 0 Å². The van der Waals surface area contributed by atoms with Gasteiger partial charge in [0.25, 0.3) is 0 Å².